The lowest BCUT2D eigenvalue weighted by Gasteiger charge is -2.16. The predicted octanol–water partition coefficient (Wildman–Crippen LogP) is 5.64. The zero-order chi connectivity index (χ0) is 20.2. The largest absolute Gasteiger partial charge is 0.478 e. The predicted molar refractivity (Wildman–Crippen MR) is 95.2 cm³/mol. The van der Waals surface area contributed by atoms with E-state index in [1.54, 1.807) is 13.0 Å². The number of aromatic nitrogens is 1. The van der Waals surface area contributed by atoms with E-state index in [-0.39, 0.29) is 29.0 Å². The Morgan fingerprint density at radius 2 is 2.04 bits per heavy atom. The van der Waals surface area contributed by atoms with E-state index in [9.17, 15) is 18.0 Å². The zero-order valence-corrected chi connectivity index (χ0v) is 16.5. The average Bonchev–Trinajstić information content (AvgIpc) is 2.58. The van der Waals surface area contributed by atoms with Crippen LogP contribution in [-0.4, -0.2) is 23.7 Å². The van der Waals surface area contributed by atoms with Crippen molar-refractivity contribution in [1.82, 2.24) is 4.98 Å². The highest BCUT2D eigenvalue weighted by atomic mass is 79.9. The Balaban J connectivity index is 2.20. The molecule has 0 aliphatic rings. The van der Waals surface area contributed by atoms with Crippen molar-refractivity contribution in [1.29, 1.82) is 0 Å². The summed E-state index contributed by atoms with van der Waals surface area (Å²) >= 11 is 9.11. The minimum Gasteiger partial charge on any atom is -0.478 e. The summed E-state index contributed by atoms with van der Waals surface area (Å²) in [6.07, 6.45) is -4.80. The third-order valence-corrected chi connectivity index (χ3v) is 4.10. The van der Waals surface area contributed by atoms with Crippen molar-refractivity contribution in [3.8, 4) is 17.4 Å². The first-order chi connectivity index (χ1) is 12.6. The molecule has 1 heterocycles. The molecule has 0 bridgehead atoms. The molecule has 0 spiro atoms. The van der Waals surface area contributed by atoms with E-state index in [4.69, 9.17) is 25.8 Å². The molecule has 0 saturated carbocycles. The van der Waals surface area contributed by atoms with Gasteiger partial charge in [0.1, 0.15) is 16.5 Å². The summed E-state index contributed by atoms with van der Waals surface area (Å²) < 4.78 is 54.4. The second-order valence-electron chi connectivity index (χ2n) is 5.22. The number of hydrogen-bond acceptors (Lipinski definition) is 5. The topological polar surface area (TPSA) is 57.7 Å². The number of hydrogen-bond donors (Lipinski definition) is 0. The fraction of sp³-hybridized carbons (Fsp3) is 0.294. The second-order valence-corrected chi connectivity index (χ2v) is 6.48. The van der Waals surface area contributed by atoms with E-state index in [1.165, 1.54) is 19.1 Å². The molecular formula is C17H14BrClF3NO4. The molecule has 0 N–H and O–H groups in total. The van der Waals surface area contributed by atoms with Gasteiger partial charge in [-0.05, 0) is 48.0 Å². The molecule has 27 heavy (non-hydrogen) atoms. The normalized spacial score (nSPS) is 12.4. The molecule has 1 aromatic heterocycles. The third-order valence-electron chi connectivity index (χ3n) is 3.17. The van der Waals surface area contributed by atoms with Gasteiger partial charge in [-0.2, -0.15) is 13.2 Å². The van der Waals surface area contributed by atoms with E-state index in [1.807, 2.05) is 0 Å². The number of benzene rings is 1. The summed E-state index contributed by atoms with van der Waals surface area (Å²) in [6, 6.07) is 5.28. The molecular weight excluding hydrogens is 455 g/mol. The summed E-state index contributed by atoms with van der Waals surface area (Å²) in [4.78, 5) is 15.3. The van der Waals surface area contributed by atoms with Crippen LogP contribution in [0.4, 0.5) is 13.2 Å². The first kappa shape index (κ1) is 21.3. The number of esters is 1. The third kappa shape index (κ3) is 5.74. The highest BCUT2D eigenvalue weighted by molar-refractivity contribution is 9.10. The van der Waals surface area contributed by atoms with Crippen LogP contribution in [0, 0.1) is 0 Å². The lowest BCUT2D eigenvalue weighted by Crippen LogP contribution is -2.26. The van der Waals surface area contributed by atoms with E-state index in [2.05, 4.69) is 20.9 Å². The van der Waals surface area contributed by atoms with Gasteiger partial charge in [-0.25, -0.2) is 9.78 Å². The molecule has 0 amide bonds. The summed E-state index contributed by atoms with van der Waals surface area (Å²) in [5, 5.41) is -0.296. The molecule has 5 nitrogen and oxygen atoms in total. The van der Waals surface area contributed by atoms with Crippen LogP contribution in [0.2, 0.25) is 5.02 Å². The van der Waals surface area contributed by atoms with Gasteiger partial charge in [-0.15, -0.1) is 0 Å². The van der Waals surface area contributed by atoms with Gasteiger partial charge in [0.15, 0.2) is 6.10 Å². The first-order valence-electron chi connectivity index (χ1n) is 7.65. The standard InChI is InChI=1S/C17H14BrClF3NO4/c1-3-25-16(24)9(2)26-14-7-11(4-5-12(14)18)27-15-13(19)6-10(8-23-15)17(20,21)22/h4-9H,3H2,1-2H3. The van der Waals surface area contributed by atoms with Crippen LogP contribution >= 0.6 is 27.5 Å². The number of nitrogens with zero attached hydrogens (tertiary/aromatic N) is 1. The Kier molecular flexibility index (Phi) is 6.94. The van der Waals surface area contributed by atoms with Crippen molar-refractivity contribution in [3.05, 3.63) is 45.5 Å². The maximum atomic E-state index is 12.7. The van der Waals surface area contributed by atoms with E-state index < -0.39 is 23.8 Å². The molecule has 10 heteroatoms. The second kappa shape index (κ2) is 8.79. The molecule has 0 fully saturated rings. The van der Waals surface area contributed by atoms with Gasteiger partial charge in [0.25, 0.3) is 0 Å². The van der Waals surface area contributed by atoms with Gasteiger partial charge in [-0.1, -0.05) is 11.6 Å². The number of carbonyl (C=O) groups excluding carboxylic acids is 1. The van der Waals surface area contributed by atoms with Gasteiger partial charge in [0.05, 0.1) is 16.6 Å². The number of carbonyl (C=O) groups is 1. The van der Waals surface area contributed by atoms with Gasteiger partial charge < -0.3 is 14.2 Å². The van der Waals surface area contributed by atoms with Gasteiger partial charge in [0, 0.05) is 12.3 Å². The molecule has 146 valence electrons. The van der Waals surface area contributed by atoms with E-state index in [0.717, 1.165) is 6.07 Å². The fourth-order valence-corrected chi connectivity index (χ4v) is 2.45. The number of pyridine rings is 1. The van der Waals surface area contributed by atoms with Crippen LogP contribution < -0.4 is 9.47 Å². The Labute approximate surface area is 166 Å². The molecule has 0 radical (unpaired) electrons. The highest BCUT2D eigenvalue weighted by Gasteiger charge is 2.31. The Hall–Kier alpha value is -2.00. The Morgan fingerprint density at radius 1 is 1.33 bits per heavy atom. The molecule has 0 aliphatic heterocycles. The number of ether oxygens (including phenoxy) is 3. The van der Waals surface area contributed by atoms with Gasteiger partial charge in [0.2, 0.25) is 5.88 Å². The monoisotopic (exact) mass is 467 g/mol. The molecule has 1 unspecified atom stereocenters. The first-order valence-corrected chi connectivity index (χ1v) is 8.82. The number of halogens is 5. The van der Waals surface area contributed by atoms with Crippen LogP contribution in [0.25, 0.3) is 0 Å². The summed E-state index contributed by atoms with van der Waals surface area (Å²) in [6.45, 7) is 3.41. The molecule has 1 atom stereocenters. The van der Waals surface area contributed by atoms with Crippen LogP contribution in [0.15, 0.2) is 34.9 Å². The Morgan fingerprint density at radius 3 is 2.63 bits per heavy atom. The van der Waals surface area contributed by atoms with E-state index in [0.29, 0.717) is 10.7 Å². The van der Waals surface area contributed by atoms with Crippen molar-refractivity contribution in [2.75, 3.05) is 6.61 Å². The minimum atomic E-state index is -4.56. The van der Waals surface area contributed by atoms with Crippen LogP contribution in [0.5, 0.6) is 17.4 Å². The molecule has 2 rings (SSSR count). The lowest BCUT2D eigenvalue weighted by molar-refractivity contribution is -0.150. The van der Waals surface area contributed by atoms with Crippen LogP contribution in [0.1, 0.15) is 19.4 Å². The van der Waals surface area contributed by atoms with Crippen LogP contribution in [0.3, 0.4) is 0 Å². The maximum Gasteiger partial charge on any atom is 0.417 e. The summed E-state index contributed by atoms with van der Waals surface area (Å²) in [7, 11) is 0. The Bertz CT molecular complexity index is 832. The molecule has 1 aromatic carbocycles. The summed E-state index contributed by atoms with van der Waals surface area (Å²) in [5.41, 5.74) is -0.983. The lowest BCUT2D eigenvalue weighted by atomic mass is 10.3. The average molecular weight is 469 g/mol. The zero-order valence-electron chi connectivity index (χ0n) is 14.1. The molecule has 0 aliphatic carbocycles. The van der Waals surface area contributed by atoms with Crippen LogP contribution in [-0.2, 0) is 15.7 Å². The van der Waals surface area contributed by atoms with Crippen molar-refractivity contribution < 1.29 is 32.2 Å². The van der Waals surface area contributed by atoms with Gasteiger partial charge in [-0.3, -0.25) is 0 Å². The van der Waals surface area contributed by atoms with Crippen molar-refractivity contribution in [3.63, 3.8) is 0 Å². The molecule has 0 saturated heterocycles. The summed E-state index contributed by atoms with van der Waals surface area (Å²) in [5.74, 6) is -0.256. The van der Waals surface area contributed by atoms with Crippen molar-refractivity contribution >= 4 is 33.5 Å². The number of alkyl halides is 3. The minimum absolute atomic E-state index is 0.198. The van der Waals surface area contributed by atoms with E-state index >= 15 is 0 Å². The quantitative estimate of drug-likeness (QED) is 0.514. The molecule has 2 aromatic rings. The number of rotatable bonds is 6. The van der Waals surface area contributed by atoms with Gasteiger partial charge >= 0.3 is 12.1 Å². The highest BCUT2D eigenvalue weighted by Crippen LogP contribution is 2.36. The van der Waals surface area contributed by atoms with Crippen molar-refractivity contribution in [2.45, 2.75) is 26.1 Å². The maximum absolute atomic E-state index is 12.7. The fourth-order valence-electron chi connectivity index (χ4n) is 1.90. The SMILES string of the molecule is CCOC(=O)C(C)Oc1cc(Oc2ncc(C(F)(F)F)cc2Cl)ccc1Br. The smallest absolute Gasteiger partial charge is 0.417 e. The van der Waals surface area contributed by atoms with Crippen molar-refractivity contribution in [2.24, 2.45) is 0 Å².